The van der Waals surface area contributed by atoms with Gasteiger partial charge in [0, 0.05) is 11.6 Å². The first-order chi connectivity index (χ1) is 9.52. The predicted molar refractivity (Wildman–Crippen MR) is 75.9 cm³/mol. The molecule has 0 aliphatic rings. The monoisotopic (exact) mass is 299 g/mol. The third-order valence-electron chi connectivity index (χ3n) is 2.46. The van der Waals surface area contributed by atoms with Gasteiger partial charge < -0.3 is 14.8 Å². The van der Waals surface area contributed by atoms with Gasteiger partial charge in [0.1, 0.15) is 5.75 Å². The molecule has 0 saturated heterocycles. The van der Waals surface area contributed by atoms with Crippen molar-refractivity contribution < 1.29 is 19.1 Å². The van der Waals surface area contributed by atoms with E-state index in [2.05, 4.69) is 5.32 Å². The molecule has 1 aromatic carbocycles. The number of halogens is 1. The van der Waals surface area contributed by atoms with Gasteiger partial charge in [-0.2, -0.15) is 0 Å². The fraction of sp³-hybridized carbons (Fsp3) is 0.429. The average molecular weight is 300 g/mol. The quantitative estimate of drug-likeness (QED) is 0.783. The summed E-state index contributed by atoms with van der Waals surface area (Å²) < 4.78 is 10.1. The maximum atomic E-state index is 11.5. The molecule has 0 heterocycles. The van der Waals surface area contributed by atoms with Crippen molar-refractivity contribution in [3.8, 4) is 5.75 Å². The summed E-state index contributed by atoms with van der Waals surface area (Å²) in [5, 5.41) is 3.23. The molecule has 0 fully saturated rings. The van der Waals surface area contributed by atoms with Gasteiger partial charge in [0.25, 0.3) is 5.91 Å². The maximum absolute atomic E-state index is 11.5. The highest BCUT2D eigenvalue weighted by atomic mass is 35.5. The summed E-state index contributed by atoms with van der Waals surface area (Å²) in [4.78, 5) is 22.5. The fourth-order valence-electron chi connectivity index (χ4n) is 1.44. The van der Waals surface area contributed by atoms with Crippen LogP contribution in [0.15, 0.2) is 18.2 Å². The summed E-state index contributed by atoms with van der Waals surface area (Å²) >= 11 is 5.89. The average Bonchev–Trinajstić information content (AvgIpc) is 2.40. The number of rotatable bonds is 7. The molecule has 0 radical (unpaired) electrons. The van der Waals surface area contributed by atoms with E-state index in [1.807, 2.05) is 6.92 Å². The molecule has 0 aromatic heterocycles. The number of carbonyl (C=O) groups is 2. The van der Waals surface area contributed by atoms with Gasteiger partial charge in [0.05, 0.1) is 13.0 Å². The van der Waals surface area contributed by atoms with Crippen LogP contribution in [0.25, 0.3) is 0 Å². The Bertz CT molecular complexity index is 476. The SMILES string of the molecule is CCOC(=O)CCNC(=O)COc1ccc(Cl)c(C)c1. The van der Waals surface area contributed by atoms with Crippen molar-refractivity contribution in [1.82, 2.24) is 5.32 Å². The highest BCUT2D eigenvalue weighted by Crippen LogP contribution is 2.20. The second kappa shape index (κ2) is 8.43. The van der Waals surface area contributed by atoms with E-state index in [1.54, 1.807) is 25.1 Å². The van der Waals surface area contributed by atoms with Crippen LogP contribution in [0.1, 0.15) is 18.9 Å². The number of benzene rings is 1. The first-order valence-corrected chi connectivity index (χ1v) is 6.72. The highest BCUT2D eigenvalue weighted by molar-refractivity contribution is 6.31. The van der Waals surface area contributed by atoms with E-state index >= 15 is 0 Å². The first kappa shape index (κ1) is 16.3. The Morgan fingerprint density at radius 1 is 1.35 bits per heavy atom. The van der Waals surface area contributed by atoms with Gasteiger partial charge in [-0.1, -0.05) is 11.6 Å². The minimum atomic E-state index is -0.331. The molecule has 0 bridgehead atoms. The number of hydrogen-bond acceptors (Lipinski definition) is 4. The Labute approximate surface area is 123 Å². The standard InChI is InChI=1S/C14H18ClNO4/c1-3-19-14(18)6-7-16-13(17)9-20-11-4-5-12(15)10(2)8-11/h4-5,8H,3,6-7,9H2,1-2H3,(H,16,17). The van der Waals surface area contributed by atoms with E-state index in [4.69, 9.17) is 21.1 Å². The van der Waals surface area contributed by atoms with Crippen molar-refractivity contribution in [2.24, 2.45) is 0 Å². The van der Waals surface area contributed by atoms with Gasteiger partial charge in [-0.25, -0.2) is 0 Å². The van der Waals surface area contributed by atoms with Crippen LogP contribution in [0.2, 0.25) is 5.02 Å². The normalized spacial score (nSPS) is 9.95. The lowest BCUT2D eigenvalue weighted by Crippen LogP contribution is -2.31. The Hall–Kier alpha value is -1.75. The summed E-state index contributed by atoms with van der Waals surface area (Å²) in [5.74, 6) is -0.0450. The number of carbonyl (C=O) groups excluding carboxylic acids is 2. The summed E-state index contributed by atoms with van der Waals surface area (Å²) in [5.41, 5.74) is 0.881. The Kier molecular flexibility index (Phi) is 6.87. The second-order valence-corrected chi connectivity index (χ2v) is 4.51. The van der Waals surface area contributed by atoms with Crippen LogP contribution >= 0.6 is 11.6 Å². The second-order valence-electron chi connectivity index (χ2n) is 4.10. The Morgan fingerprint density at radius 2 is 2.10 bits per heavy atom. The summed E-state index contributed by atoms with van der Waals surface area (Å²) in [6, 6.07) is 5.17. The van der Waals surface area contributed by atoms with Crippen molar-refractivity contribution in [3.63, 3.8) is 0 Å². The van der Waals surface area contributed by atoms with Crippen LogP contribution in [0.3, 0.4) is 0 Å². The van der Waals surface area contributed by atoms with E-state index in [1.165, 1.54) is 0 Å². The predicted octanol–water partition coefficient (Wildman–Crippen LogP) is 2.10. The summed E-state index contributed by atoms with van der Waals surface area (Å²) in [6.07, 6.45) is 0.152. The van der Waals surface area contributed by atoms with Crippen LogP contribution in [-0.2, 0) is 14.3 Å². The van der Waals surface area contributed by atoms with E-state index in [-0.39, 0.29) is 31.4 Å². The van der Waals surface area contributed by atoms with Crippen molar-refractivity contribution >= 4 is 23.5 Å². The molecule has 1 aromatic rings. The molecule has 110 valence electrons. The molecular formula is C14H18ClNO4. The lowest BCUT2D eigenvalue weighted by molar-refractivity contribution is -0.143. The molecule has 0 aliphatic heterocycles. The number of hydrogen-bond donors (Lipinski definition) is 1. The van der Waals surface area contributed by atoms with Gasteiger partial charge in [-0.15, -0.1) is 0 Å². The zero-order chi connectivity index (χ0) is 15.0. The summed E-state index contributed by atoms with van der Waals surface area (Å²) in [7, 11) is 0. The molecule has 20 heavy (non-hydrogen) atoms. The lowest BCUT2D eigenvalue weighted by atomic mass is 10.2. The van der Waals surface area contributed by atoms with Crippen LogP contribution in [0.5, 0.6) is 5.75 Å². The third kappa shape index (κ3) is 5.93. The third-order valence-corrected chi connectivity index (χ3v) is 2.88. The lowest BCUT2D eigenvalue weighted by Gasteiger charge is -2.08. The number of nitrogens with one attached hydrogen (secondary N) is 1. The van der Waals surface area contributed by atoms with Gasteiger partial charge in [-0.3, -0.25) is 9.59 Å². The molecule has 1 rings (SSSR count). The molecule has 0 atom stereocenters. The first-order valence-electron chi connectivity index (χ1n) is 6.34. The molecule has 1 amide bonds. The van der Waals surface area contributed by atoms with Gasteiger partial charge in [-0.05, 0) is 37.6 Å². The van der Waals surface area contributed by atoms with Gasteiger partial charge >= 0.3 is 5.97 Å². The zero-order valence-corrected chi connectivity index (χ0v) is 12.3. The van der Waals surface area contributed by atoms with Crippen LogP contribution in [0.4, 0.5) is 0 Å². The minimum absolute atomic E-state index is 0.107. The van der Waals surface area contributed by atoms with Crippen molar-refractivity contribution in [2.45, 2.75) is 20.3 Å². The molecule has 0 unspecified atom stereocenters. The van der Waals surface area contributed by atoms with Gasteiger partial charge in [0.15, 0.2) is 6.61 Å². The molecule has 0 aliphatic carbocycles. The van der Waals surface area contributed by atoms with E-state index in [9.17, 15) is 9.59 Å². The zero-order valence-electron chi connectivity index (χ0n) is 11.6. The van der Waals surface area contributed by atoms with Crippen molar-refractivity contribution in [1.29, 1.82) is 0 Å². The number of amides is 1. The molecule has 5 nitrogen and oxygen atoms in total. The smallest absolute Gasteiger partial charge is 0.307 e. The molecular weight excluding hydrogens is 282 g/mol. The van der Waals surface area contributed by atoms with E-state index in [0.717, 1.165) is 5.56 Å². The topological polar surface area (TPSA) is 64.6 Å². The largest absolute Gasteiger partial charge is 0.484 e. The van der Waals surface area contributed by atoms with Crippen LogP contribution < -0.4 is 10.1 Å². The fourth-order valence-corrected chi connectivity index (χ4v) is 1.56. The highest BCUT2D eigenvalue weighted by Gasteiger charge is 2.06. The van der Waals surface area contributed by atoms with Crippen molar-refractivity contribution in [3.05, 3.63) is 28.8 Å². The Balaban J connectivity index is 2.26. The molecule has 1 N–H and O–H groups in total. The molecule has 6 heteroatoms. The number of aryl methyl sites for hydroxylation is 1. The minimum Gasteiger partial charge on any atom is -0.484 e. The van der Waals surface area contributed by atoms with Crippen molar-refractivity contribution in [2.75, 3.05) is 19.8 Å². The molecule has 0 spiro atoms. The van der Waals surface area contributed by atoms with Crippen LogP contribution in [-0.4, -0.2) is 31.6 Å². The summed E-state index contributed by atoms with van der Waals surface area (Å²) in [6.45, 7) is 4.06. The Morgan fingerprint density at radius 3 is 2.75 bits per heavy atom. The van der Waals surface area contributed by atoms with Crippen LogP contribution in [0, 0.1) is 6.92 Å². The molecule has 0 saturated carbocycles. The maximum Gasteiger partial charge on any atom is 0.307 e. The van der Waals surface area contributed by atoms with Gasteiger partial charge in [0.2, 0.25) is 0 Å². The number of esters is 1. The number of ether oxygens (including phenoxy) is 2. The van der Waals surface area contributed by atoms with E-state index < -0.39 is 0 Å². The van der Waals surface area contributed by atoms with E-state index in [0.29, 0.717) is 17.4 Å².